The molecule has 7 heteroatoms. The third-order valence-corrected chi connectivity index (χ3v) is 7.25. The van der Waals surface area contributed by atoms with Gasteiger partial charge in [0, 0.05) is 48.2 Å². The Bertz CT molecular complexity index is 1490. The molecule has 7 nitrogen and oxygen atoms in total. The van der Waals surface area contributed by atoms with Crippen molar-refractivity contribution in [1.29, 1.82) is 0 Å². The van der Waals surface area contributed by atoms with Gasteiger partial charge in [-0.05, 0) is 79.4 Å². The highest BCUT2D eigenvalue weighted by molar-refractivity contribution is 5.95. The molecule has 0 aliphatic carbocycles. The summed E-state index contributed by atoms with van der Waals surface area (Å²) in [6.07, 6.45) is 10.1. The van der Waals surface area contributed by atoms with Crippen molar-refractivity contribution < 1.29 is 4.74 Å². The number of aromatic amines is 1. The van der Waals surface area contributed by atoms with Gasteiger partial charge in [-0.25, -0.2) is 0 Å². The molecule has 0 radical (unpaired) electrons. The summed E-state index contributed by atoms with van der Waals surface area (Å²) >= 11 is 0. The van der Waals surface area contributed by atoms with Gasteiger partial charge in [-0.1, -0.05) is 12.1 Å². The number of H-pyrrole nitrogens is 1. The zero-order valence-electron chi connectivity index (χ0n) is 20.7. The molecule has 1 atom stereocenters. The van der Waals surface area contributed by atoms with Crippen LogP contribution in [0.1, 0.15) is 30.0 Å². The van der Waals surface area contributed by atoms with Crippen LogP contribution in [0.3, 0.4) is 0 Å². The number of hydrogen-bond donors (Lipinski definition) is 1. The number of piperidine rings is 1. The maximum atomic E-state index is 5.37. The Morgan fingerprint density at radius 2 is 1.92 bits per heavy atom. The molecular weight excluding hydrogens is 448 g/mol. The van der Waals surface area contributed by atoms with E-state index in [0.29, 0.717) is 6.04 Å². The van der Waals surface area contributed by atoms with Crippen LogP contribution in [-0.4, -0.2) is 50.1 Å². The highest BCUT2D eigenvalue weighted by atomic mass is 16.5. The lowest BCUT2D eigenvalue weighted by atomic mass is 10.0. The number of aryl methyl sites for hydroxylation is 1. The number of benzene rings is 2. The van der Waals surface area contributed by atoms with Crippen molar-refractivity contribution in [2.24, 2.45) is 0 Å². The monoisotopic (exact) mass is 478 g/mol. The van der Waals surface area contributed by atoms with Crippen molar-refractivity contribution >= 4 is 10.9 Å². The number of pyridine rings is 1. The minimum absolute atomic E-state index is 0.371. The normalized spacial score (nSPS) is 16.4. The van der Waals surface area contributed by atoms with Crippen molar-refractivity contribution in [2.75, 3.05) is 20.2 Å². The van der Waals surface area contributed by atoms with Gasteiger partial charge in [0.15, 0.2) is 0 Å². The predicted molar refractivity (Wildman–Crippen MR) is 142 cm³/mol. The second kappa shape index (κ2) is 9.59. The lowest BCUT2D eigenvalue weighted by Gasteiger charge is -2.33. The van der Waals surface area contributed by atoms with Crippen LogP contribution < -0.4 is 4.74 Å². The highest BCUT2D eigenvalue weighted by Gasteiger charge is 2.23. The standard InChI is InChI=1S/C29H30N6O/c1-20-14-26(36-2)7-5-23(20)17-34-13-3-4-25(19-34)35-18-24(16-31-35)22-6-8-28-27(15-22)29(33-32-28)21-9-11-30-12-10-21/h5-12,14-16,18,25H,3-4,13,17,19H2,1-2H3,(H,32,33)/t25-/m1/s1. The lowest BCUT2D eigenvalue weighted by molar-refractivity contribution is 0.163. The first-order valence-corrected chi connectivity index (χ1v) is 12.5. The summed E-state index contributed by atoms with van der Waals surface area (Å²) in [5.74, 6) is 0.915. The van der Waals surface area contributed by atoms with Gasteiger partial charge in [0.2, 0.25) is 0 Å². The second-order valence-electron chi connectivity index (χ2n) is 9.60. The fourth-order valence-corrected chi connectivity index (χ4v) is 5.21. The van der Waals surface area contributed by atoms with E-state index in [0.717, 1.165) is 65.1 Å². The second-order valence-corrected chi connectivity index (χ2v) is 9.60. The Hall–Kier alpha value is -3.97. The van der Waals surface area contributed by atoms with E-state index in [2.05, 4.69) is 74.3 Å². The van der Waals surface area contributed by atoms with Gasteiger partial charge in [0.05, 0.1) is 24.9 Å². The Kier molecular flexibility index (Phi) is 5.99. The Morgan fingerprint density at radius 1 is 1.03 bits per heavy atom. The summed E-state index contributed by atoms with van der Waals surface area (Å²) in [6.45, 7) is 5.23. The average Bonchev–Trinajstić information content (AvgIpc) is 3.58. The molecule has 0 saturated carbocycles. The predicted octanol–water partition coefficient (Wildman–Crippen LogP) is 5.64. The van der Waals surface area contributed by atoms with E-state index in [1.807, 2.05) is 18.3 Å². The van der Waals surface area contributed by atoms with Crippen molar-refractivity contribution in [3.63, 3.8) is 0 Å². The van der Waals surface area contributed by atoms with E-state index in [1.165, 1.54) is 17.5 Å². The zero-order chi connectivity index (χ0) is 24.5. The Balaban J connectivity index is 1.21. The summed E-state index contributed by atoms with van der Waals surface area (Å²) in [6, 6.07) is 17.2. The molecule has 0 bridgehead atoms. The van der Waals surface area contributed by atoms with E-state index in [-0.39, 0.29) is 0 Å². The van der Waals surface area contributed by atoms with E-state index in [4.69, 9.17) is 9.84 Å². The summed E-state index contributed by atoms with van der Waals surface area (Å²) < 4.78 is 7.53. The van der Waals surface area contributed by atoms with Gasteiger partial charge < -0.3 is 4.74 Å². The minimum Gasteiger partial charge on any atom is -0.497 e. The van der Waals surface area contributed by atoms with Crippen molar-refractivity contribution in [3.05, 3.63) is 84.4 Å². The molecule has 0 unspecified atom stereocenters. The third-order valence-electron chi connectivity index (χ3n) is 7.25. The van der Waals surface area contributed by atoms with Crippen LogP contribution in [0.2, 0.25) is 0 Å². The van der Waals surface area contributed by atoms with Crippen LogP contribution >= 0.6 is 0 Å². The van der Waals surface area contributed by atoms with Crippen LogP contribution in [0, 0.1) is 6.92 Å². The molecule has 5 aromatic rings. The van der Waals surface area contributed by atoms with Crippen molar-refractivity contribution in [3.8, 4) is 28.1 Å². The van der Waals surface area contributed by atoms with Crippen LogP contribution in [-0.2, 0) is 6.54 Å². The van der Waals surface area contributed by atoms with Crippen LogP contribution in [0.5, 0.6) is 5.75 Å². The maximum absolute atomic E-state index is 5.37. The van der Waals surface area contributed by atoms with Crippen molar-refractivity contribution in [2.45, 2.75) is 32.4 Å². The SMILES string of the molecule is COc1ccc(CN2CCC[C@@H](n3cc(-c4ccc5[nH]nc(-c6ccncc6)c5c4)cn3)C2)c(C)c1. The number of nitrogens with one attached hydrogen (secondary N) is 1. The van der Waals surface area contributed by atoms with Gasteiger partial charge in [-0.2, -0.15) is 10.2 Å². The number of aromatic nitrogens is 5. The molecule has 0 amide bonds. The lowest BCUT2D eigenvalue weighted by Crippen LogP contribution is -2.36. The number of likely N-dealkylation sites (tertiary alicyclic amines) is 1. The fourth-order valence-electron chi connectivity index (χ4n) is 5.21. The number of rotatable bonds is 6. The zero-order valence-corrected chi connectivity index (χ0v) is 20.7. The molecule has 1 N–H and O–H groups in total. The van der Waals surface area contributed by atoms with Gasteiger partial charge >= 0.3 is 0 Å². The quantitative estimate of drug-likeness (QED) is 0.342. The van der Waals surface area contributed by atoms with Crippen LogP contribution in [0.15, 0.2) is 73.3 Å². The average molecular weight is 479 g/mol. The molecule has 2 aromatic carbocycles. The molecular formula is C29H30N6O. The highest BCUT2D eigenvalue weighted by Crippen LogP contribution is 2.31. The fraction of sp³-hybridized carbons (Fsp3) is 0.276. The molecule has 6 rings (SSSR count). The Morgan fingerprint density at radius 3 is 2.75 bits per heavy atom. The first kappa shape index (κ1) is 22.5. The van der Waals surface area contributed by atoms with Crippen LogP contribution in [0.25, 0.3) is 33.3 Å². The van der Waals surface area contributed by atoms with E-state index < -0.39 is 0 Å². The molecule has 1 aliphatic heterocycles. The number of fused-ring (bicyclic) bond motifs is 1. The molecule has 3 aromatic heterocycles. The molecule has 1 saturated heterocycles. The Labute approximate surface area is 210 Å². The third kappa shape index (κ3) is 4.38. The summed E-state index contributed by atoms with van der Waals surface area (Å²) in [5.41, 5.74) is 7.93. The summed E-state index contributed by atoms with van der Waals surface area (Å²) in [4.78, 5) is 6.67. The summed E-state index contributed by atoms with van der Waals surface area (Å²) in [5, 5.41) is 13.6. The van der Waals surface area contributed by atoms with Crippen LogP contribution in [0.4, 0.5) is 0 Å². The largest absolute Gasteiger partial charge is 0.497 e. The topological polar surface area (TPSA) is 71.9 Å². The molecule has 36 heavy (non-hydrogen) atoms. The number of ether oxygens (including phenoxy) is 1. The smallest absolute Gasteiger partial charge is 0.119 e. The van der Waals surface area contributed by atoms with Crippen molar-refractivity contribution in [1.82, 2.24) is 29.9 Å². The number of hydrogen-bond acceptors (Lipinski definition) is 5. The van der Waals surface area contributed by atoms with E-state index in [1.54, 1.807) is 19.5 Å². The van der Waals surface area contributed by atoms with Gasteiger partial charge in [-0.3, -0.25) is 19.7 Å². The van der Waals surface area contributed by atoms with Gasteiger partial charge in [0.1, 0.15) is 11.4 Å². The molecule has 1 fully saturated rings. The molecule has 182 valence electrons. The first-order valence-electron chi connectivity index (χ1n) is 12.5. The molecule has 1 aliphatic rings. The summed E-state index contributed by atoms with van der Waals surface area (Å²) in [7, 11) is 1.72. The molecule has 4 heterocycles. The van der Waals surface area contributed by atoms with E-state index in [9.17, 15) is 0 Å². The number of methoxy groups -OCH3 is 1. The maximum Gasteiger partial charge on any atom is 0.119 e. The first-order chi connectivity index (χ1) is 17.7. The van der Waals surface area contributed by atoms with Gasteiger partial charge in [-0.15, -0.1) is 0 Å². The van der Waals surface area contributed by atoms with E-state index >= 15 is 0 Å². The van der Waals surface area contributed by atoms with Gasteiger partial charge in [0.25, 0.3) is 0 Å². The molecule has 0 spiro atoms. The number of nitrogens with zero attached hydrogens (tertiary/aromatic N) is 5. The minimum atomic E-state index is 0.371.